The number of esters is 1. The molecule has 0 aromatic heterocycles. The van der Waals surface area contributed by atoms with Crippen molar-refractivity contribution < 1.29 is 19.2 Å². The normalized spacial score (nSPS) is 9.53. The summed E-state index contributed by atoms with van der Waals surface area (Å²) in [6.07, 6.45) is 0. The topological polar surface area (TPSA) is 98.5 Å². The Kier molecular flexibility index (Phi) is 4.76. The highest BCUT2D eigenvalue weighted by Crippen LogP contribution is 2.17. The number of nitrogens with zero attached hydrogens (tertiary/aromatic N) is 1. The number of carbonyl (C=O) groups excluding carboxylic acids is 2. The van der Waals surface area contributed by atoms with Crippen LogP contribution in [0.3, 0.4) is 0 Å². The van der Waals surface area contributed by atoms with Gasteiger partial charge in [0.05, 0.1) is 4.92 Å². The van der Waals surface area contributed by atoms with Gasteiger partial charge in [-0.15, -0.1) is 0 Å². The van der Waals surface area contributed by atoms with Crippen molar-refractivity contribution in [1.82, 2.24) is 5.32 Å². The molecule has 19 heavy (non-hydrogen) atoms. The number of ether oxygens (including phenoxy) is 1. The molecule has 0 bridgehead atoms. The Morgan fingerprint density at radius 3 is 2.42 bits per heavy atom. The van der Waals surface area contributed by atoms with E-state index in [4.69, 9.17) is 4.74 Å². The van der Waals surface area contributed by atoms with Crippen LogP contribution in [0.1, 0.15) is 6.92 Å². The third-order valence-electron chi connectivity index (χ3n) is 2.06. The van der Waals surface area contributed by atoms with Crippen molar-refractivity contribution in [3.8, 4) is 5.75 Å². The number of nitrogens with one attached hydrogen (secondary N) is 1. The van der Waals surface area contributed by atoms with Crippen molar-refractivity contribution in [3.63, 3.8) is 0 Å². The Labute approximate surface area is 109 Å². The second-order valence-electron chi connectivity index (χ2n) is 3.69. The van der Waals surface area contributed by atoms with E-state index >= 15 is 0 Å². The zero-order valence-electron chi connectivity index (χ0n) is 10.2. The van der Waals surface area contributed by atoms with Crippen molar-refractivity contribution in [3.05, 3.63) is 46.5 Å². The second-order valence-corrected chi connectivity index (χ2v) is 3.69. The average Bonchev–Trinajstić information content (AvgIpc) is 2.36. The SMILES string of the molecule is C=C(C)C(=O)NCC(=O)Oc1ccc([N+](=O)[O-])cc1. The molecule has 0 aliphatic carbocycles. The first-order chi connectivity index (χ1) is 8.90. The van der Waals surface area contributed by atoms with Gasteiger partial charge in [-0.2, -0.15) is 0 Å². The Bertz CT molecular complexity index is 521. The largest absolute Gasteiger partial charge is 0.425 e. The number of non-ortho nitro benzene ring substituents is 1. The minimum Gasteiger partial charge on any atom is -0.425 e. The average molecular weight is 264 g/mol. The Morgan fingerprint density at radius 2 is 1.95 bits per heavy atom. The van der Waals surface area contributed by atoms with E-state index in [2.05, 4.69) is 11.9 Å². The second kappa shape index (κ2) is 6.29. The Hall–Kier alpha value is -2.70. The zero-order chi connectivity index (χ0) is 14.4. The molecule has 7 heteroatoms. The predicted molar refractivity (Wildman–Crippen MR) is 66.6 cm³/mol. The van der Waals surface area contributed by atoms with E-state index < -0.39 is 16.8 Å². The highest BCUT2D eigenvalue weighted by molar-refractivity contribution is 5.94. The molecule has 1 amide bonds. The van der Waals surface area contributed by atoms with Crippen LogP contribution >= 0.6 is 0 Å². The molecular formula is C12H12N2O5. The lowest BCUT2D eigenvalue weighted by molar-refractivity contribution is -0.384. The van der Waals surface area contributed by atoms with E-state index in [1.807, 2.05) is 0 Å². The standard InChI is InChI=1S/C12H12N2O5/c1-8(2)12(16)13-7-11(15)19-10-5-3-9(4-6-10)14(17)18/h3-6H,1,7H2,2H3,(H,13,16). The van der Waals surface area contributed by atoms with Crippen molar-refractivity contribution in [2.45, 2.75) is 6.92 Å². The number of benzene rings is 1. The van der Waals surface area contributed by atoms with Crippen LogP contribution in [0.4, 0.5) is 5.69 Å². The van der Waals surface area contributed by atoms with E-state index in [-0.39, 0.29) is 23.6 Å². The van der Waals surface area contributed by atoms with Crippen LogP contribution < -0.4 is 10.1 Å². The summed E-state index contributed by atoms with van der Waals surface area (Å²) in [7, 11) is 0. The van der Waals surface area contributed by atoms with E-state index in [0.717, 1.165) is 0 Å². The lowest BCUT2D eigenvalue weighted by atomic mass is 10.3. The molecule has 0 fully saturated rings. The van der Waals surface area contributed by atoms with Gasteiger partial charge in [-0.25, -0.2) is 4.79 Å². The van der Waals surface area contributed by atoms with Crippen LogP contribution in [0, 0.1) is 10.1 Å². The van der Waals surface area contributed by atoms with Gasteiger partial charge < -0.3 is 10.1 Å². The fourth-order valence-corrected chi connectivity index (χ4v) is 1.11. The maximum atomic E-state index is 11.4. The first-order valence-electron chi connectivity index (χ1n) is 5.29. The summed E-state index contributed by atoms with van der Waals surface area (Å²) in [4.78, 5) is 32.3. The molecule has 0 saturated carbocycles. The third kappa shape index (κ3) is 4.58. The summed E-state index contributed by atoms with van der Waals surface area (Å²) in [5.41, 5.74) is 0.179. The molecule has 0 aliphatic heterocycles. The molecule has 0 saturated heterocycles. The molecular weight excluding hydrogens is 252 g/mol. The maximum Gasteiger partial charge on any atom is 0.330 e. The van der Waals surface area contributed by atoms with Gasteiger partial charge in [-0.05, 0) is 19.1 Å². The molecule has 1 rings (SSSR count). The van der Waals surface area contributed by atoms with Crippen LogP contribution in [0.5, 0.6) is 5.75 Å². The molecule has 7 nitrogen and oxygen atoms in total. The van der Waals surface area contributed by atoms with Crippen LogP contribution in [-0.2, 0) is 9.59 Å². The highest BCUT2D eigenvalue weighted by Gasteiger charge is 2.09. The summed E-state index contributed by atoms with van der Waals surface area (Å²) < 4.78 is 4.87. The molecule has 0 unspecified atom stereocenters. The summed E-state index contributed by atoms with van der Waals surface area (Å²) in [5.74, 6) is -0.954. The summed E-state index contributed by atoms with van der Waals surface area (Å²) in [5, 5.41) is 12.7. The van der Waals surface area contributed by atoms with Gasteiger partial charge >= 0.3 is 5.97 Å². The quantitative estimate of drug-likeness (QED) is 0.283. The maximum absolute atomic E-state index is 11.4. The molecule has 1 aromatic rings. The number of hydrogen-bond donors (Lipinski definition) is 1. The Balaban J connectivity index is 2.50. The fourth-order valence-electron chi connectivity index (χ4n) is 1.11. The molecule has 1 aromatic carbocycles. The molecule has 0 atom stereocenters. The van der Waals surface area contributed by atoms with Gasteiger partial charge in [-0.3, -0.25) is 14.9 Å². The smallest absolute Gasteiger partial charge is 0.330 e. The Morgan fingerprint density at radius 1 is 1.37 bits per heavy atom. The van der Waals surface area contributed by atoms with Crippen molar-refractivity contribution in [2.75, 3.05) is 6.54 Å². The zero-order valence-corrected chi connectivity index (χ0v) is 10.2. The minimum atomic E-state index is -0.677. The van der Waals surface area contributed by atoms with Crippen molar-refractivity contribution in [1.29, 1.82) is 0 Å². The number of amides is 1. The van der Waals surface area contributed by atoms with Gasteiger partial charge in [0.15, 0.2) is 0 Å². The van der Waals surface area contributed by atoms with Gasteiger partial charge in [0, 0.05) is 17.7 Å². The first-order valence-corrected chi connectivity index (χ1v) is 5.29. The number of carbonyl (C=O) groups is 2. The van der Waals surface area contributed by atoms with E-state index in [0.29, 0.717) is 0 Å². The van der Waals surface area contributed by atoms with E-state index in [9.17, 15) is 19.7 Å². The van der Waals surface area contributed by atoms with Crippen LogP contribution in [0.15, 0.2) is 36.4 Å². The monoisotopic (exact) mass is 264 g/mol. The number of nitro groups is 1. The van der Waals surface area contributed by atoms with Gasteiger partial charge in [-0.1, -0.05) is 6.58 Å². The van der Waals surface area contributed by atoms with Crippen LogP contribution in [0.2, 0.25) is 0 Å². The lowest BCUT2D eigenvalue weighted by Crippen LogP contribution is -2.32. The fraction of sp³-hybridized carbons (Fsp3) is 0.167. The molecule has 0 aliphatic rings. The van der Waals surface area contributed by atoms with Crippen molar-refractivity contribution >= 4 is 17.6 Å². The van der Waals surface area contributed by atoms with Gasteiger partial charge in [0.1, 0.15) is 12.3 Å². The summed E-state index contributed by atoms with van der Waals surface area (Å²) in [6.45, 7) is 4.62. The molecule has 100 valence electrons. The molecule has 0 heterocycles. The van der Waals surface area contributed by atoms with Crippen LogP contribution in [0.25, 0.3) is 0 Å². The van der Waals surface area contributed by atoms with Gasteiger partial charge in [0.25, 0.3) is 5.69 Å². The summed E-state index contributed by atoms with van der Waals surface area (Å²) >= 11 is 0. The van der Waals surface area contributed by atoms with Gasteiger partial charge in [0.2, 0.25) is 5.91 Å². The van der Waals surface area contributed by atoms with Crippen molar-refractivity contribution in [2.24, 2.45) is 0 Å². The molecule has 0 spiro atoms. The van der Waals surface area contributed by atoms with Crippen LogP contribution in [-0.4, -0.2) is 23.3 Å². The number of hydrogen-bond acceptors (Lipinski definition) is 5. The third-order valence-corrected chi connectivity index (χ3v) is 2.06. The minimum absolute atomic E-state index is 0.101. The first kappa shape index (κ1) is 14.4. The summed E-state index contributed by atoms with van der Waals surface area (Å²) in [6, 6.07) is 5.04. The van der Waals surface area contributed by atoms with E-state index in [1.165, 1.54) is 31.2 Å². The predicted octanol–water partition coefficient (Wildman–Crippen LogP) is 1.19. The number of rotatable bonds is 5. The lowest BCUT2D eigenvalue weighted by Gasteiger charge is -2.05. The molecule has 1 N–H and O–H groups in total. The number of nitro benzene ring substituents is 1. The highest BCUT2D eigenvalue weighted by atomic mass is 16.6. The van der Waals surface area contributed by atoms with E-state index in [1.54, 1.807) is 0 Å². The molecule has 0 radical (unpaired) electrons.